The van der Waals surface area contributed by atoms with E-state index in [1.807, 2.05) is 13.0 Å². The molecule has 0 heterocycles. The molecule has 0 unspecified atom stereocenters. The van der Waals surface area contributed by atoms with Gasteiger partial charge in [-0.2, -0.15) is 0 Å². The number of methoxy groups -OCH3 is 1. The summed E-state index contributed by atoms with van der Waals surface area (Å²) in [5.74, 6) is 0.513. The minimum atomic E-state index is 0.513. The maximum Gasteiger partial charge on any atom is 0.212 e. The second-order valence-corrected chi connectivity index (χ2v) is 2.87. The lowest BCUT2D eigenvalue weighted by Gasteiger charge is -1.94. The lowest BCUT2D eigenvalue weighted by Crippen LogP contribution is -1.78. The number of aliphatic imine (C=N–C) groups is 1. The van der Waals surface area contributed by atoms with E-state index in [2.05, 4.69) is 27.6 Å². The molecule has 0 saturated carbocycles. The van der Waals surface area contributed by atoms with Crippen molar-refractivity contribution in [2.75, 3.05) is 7.11 Å². The molecule has 0 aromatic heterocycles. The lowest BCUT2D eigenvalue weighted by atomic mass is 10.5. The molecule has 0 aliphatic carbocycles. The first-order chi connectivity index (χ1) is 4.70. The molecule has 3 heteroatoms. The van der Waals surface area contributed by atoms with Crippen LogP contribution in [0.1, 0.15) is 6.92 Å². The first kappa shape index (κ1) is 9.43. The molecule has 0 N–H and O–H groups in total. The molecule has 2 nitrogen and oxygen atoms in total. The third-order valence-corrected chi connectivity index (χ3v) is 1.08. The van der Waals surface area contributed by atoms with Crippen molar-refractivity contribution < 1.29 is 4.74 Å². The average Bonchev–Trinajstić information content (AvgIpc) is 1.90. The molecule has 0 saturated heterocycles. The third-order valence-electron chi connectivity index (χ3n) is 0.821. The number of ether oxygens (including phenoxy) is 1. The molecular formula is C7H10BrNO. The fraction of sp³-hybridized carbons (Fsp3) is 0.286. The van der Waals surface area contributed by atoms with E-state index in [1.165, 1.54) is 0 Å². The Morgan fingerprint density at radius 3 is 2.50 bits per heavy atom. The lowest BCUT2D eigenvalue weighted by molar-refractivity contribution is 0.289. The molecule has 0 aromatic rings. The molecule has 0 bridgehead atoms. The van der Waals surface area contributed by atoms with Crippen LogP contribution in [-0.4, -0.2) is 13.8 Å². The van der Waals surface area contributed by atoms with Crippen LogP contribution in [0.4, 0.5) is 0 Å². The maximum atomic E-state index is 4.82. The van der Waals surface area contributed by atoms with Crippen LogP contribution in [0.3, 0.4) is 0 Å². The van der Waals surface area contributed by atoms with Crippen molar-refractivity contribution in [1.82, 2.24) is 0 Å². The summed E-state index contributed by atoms with van der Waals surface area (Å²) in [6.45, 7) is 5.25. The smallest absolute Gasteiger partial charge is 0.212 e. The quantitative estimate of drug-likeness (QED) is 0.393. The largest absolute Gasteiger partial charge is 0.481 e. The number of rotatable bonds is 3. The van der Waals surface area contributed by atoms with Crippen LogP contribution in [0.25, 0.3) is 0 Å². The van der Waals surface area contributed by atoms with E-state index >= 15 is 0 Å². The number of allylic oxidation sites excluding steroid dienone is 3. The van der Waals surface area contributed by atoms with E-state index in [1.54, 1.807) is 13.2 Å². The van der Waals surface area contributed by atoms with Gasteiger partial charge in [0.1, 0.15) is 0 Å². The Labute approximate surface area is 69.4 Å². The Balaban J connectivity index is 4.12. The van der Waals surface area contributed by atoms with Gasteiger partial charge in [0.05, 0.1) is 7.11 Å². The van der Waals surface area contributed by atoms with Gasteiger partial charge in [-0.3, -0.25) is 0 Å². The fourth-order valence-corrected chi connectivity index (χ4v) is 0.504. The highest BCUT2D eigenvalue weighted by Gasteiger charge is 1.84. The summed E-state index contributed by atoms with van der Waals surface area (Å²) in [5.41, 5.74) is 0. The van der Waals surface area contributed by atoms with Gasteiger partial charge in [0, 0.05) is 6.08 Å². The van der Waals surface area contributed by atoms with Crippen molar-refractivity contribution >= 4 is 22.6 Å². The summed E-state index contributed by atoms with van der Waals surface area (Å²) < 4.78 is 5.84. The van der Waals surface area contributed by atoms with Gasteiger partial charge >= 0.3 is 0 Å². The molecule has 0 spiro atoms. The molecular weight excluding hydrogens is 194 g/mol. The van der Waals surface area contributed by atoms with Crippen LogP contribution in [0.15, 0.2) is 27.5 Å². The van der Waals surface area contributed by atoms with Crippen molar-refractivity contribution in [3.8, 4) is 0 Å². The molecule has 0 aliphatic heterocycles. The Morgan fingerprint density at radius 2 is 2.20 bits per heavy atom. The van der Waals surface area contributed by atoms with Crippen LogP contribution in [0.5, 0.6) is 0 Å². The molecule has 0 aliphatic rings. The van der Waals surface area contributed by atoms with E-state index < -0.39 is 0 Å². The molecule has 0 radical (unpaired) electrons. The van der Waals surface area contributed by atoms with Gasteiger partial charge in [0.15, 0.2) is 0 Å². The molecule has 0 fully saturated rings. The van der Waals surface area contributed by atoms with Crippen molar-refractivity contribution in [3.05, 3.63) is 22.5 Å². The second-order valence-electron chi connectivity index (χ2n) is 1.62. The molecule has 0 aromatic carbocycles. The van der Waals surface area contributed by atoms with E-state index in [4.69, 9.17) is 4.74 Å². The summed E-state index contributed by atoms with van der Waals surface area (Å²) >= 11 is 3.26. The normalized spacial score (nSPS) is 13.1. The predicted molar refractivity (Wildman–Crippen MR) is 47.3 cm³/mol. The highest BCUT2D eigenvalue weighted by Crippen LogP contribution is 2.04. The van der Waals surface area contributed by atoms with E-state index in [0.717, 1.165) is 4.48 Å². The van der Waals surface area contributed by atoms with Crippen molar-refractivity contribution in [2.45, 2.75) is 6.92 Å². The zero-order chi connectivity index (χ0) is 7.98. The van der Waals surface area contributed by atoms with E-state index in [0.29, 0.717) is 5.88 Å². The van der Waals surface area contributed by atoms with Gasteiger partial charge in [0.2, 0.25) is 5.88 Å². The van der Waals surface area contributed by atoms with Crippen molar-refractivity contribution in [3.63, 3.8) is 0 Å². The highest BCUT2D eigenvalue weighted by atomic mass is 79.9. The third kappa shape index (κ3) is 4.32. The van der Waals surface area contributed by atoms with Crippen LogP contribution in [-0.2, 0) is 4.74 Å². The number of halogens is 1. The van der Waals surface area contributed by atoms with E-state index in [9.17, 15) is 0 Å². The Hall–Kier alpha value is -0.570. The van der Waals surface area contributed by atoms with Gasteiger partial charge in [-0.05, 0) is 24.2 Å². The molecule has 0 amide bonds. The standard InChI is InChI=1S/C7H10BrNO/c1-6(8)4-5-7(9-2)10-3/h4-5H,2H2,1,3H3. The average molecular weight is 204 g/mol. The van der Waals surface area contributed by atoms with Gasteiger partial charge < -0.3 is 4.74 Å². The van der Waals surface area contributed by atoms with Crippen LogP contribution in [0.2, 0.25) is 0 Å². The fourth-order valence-electron chi connectivity index (χ4n) is 0.371. The molecule has 0 atom stereocenters. The highest BCUT2D eigenvalue weighted by molar-refractivity contribution is 9.11. The van der Waals surface area contributed by atoms with Crippen LogP contribution in [0, 0.1) is 0 Å². The number of nitrogens with zero attached hydrogens (tertiary/aromatic N) is 1. The van der Waals surface area contributed by atoms with E-state index in [-0.39, 0.29) is 0 Å². The maximum absolute atomic E-state index is 4.82. The van der Waals surface area contributed by atoms with Crippen molar-refractivity contribution in [1.29, 1.82) is 0 Å². The predicted octanol–water partition coefficient (Wildman–Crippen LogP) is 2.47. The summed E-state index contributed by atoms with van der Waals surface area (Å²) in [7, 11) is 1.55. The minimum absolute atomic E-state index is 0.513. The monoisotopic (exact) mass is 203 g/mol. The van der Waals surface area contributed by atoms with Gasteiger partial charge in [-0.1, -0.05) is 15.9 Å². The van der Waals surface area contributed by atoms with Crippen LogP contribution < -0.4 is 0 Å². The number of hydrogen-bond acceptors (Lipinski definition) is 2. The van der Waals surface area contributed by atoms with Crippen LogP contribution >= 0.6 is 15.9 Å². The van der Waals surface area contributed by atoms with Crippen molar-refractivity contribution in [2.24, 2.45) is 4.99 Å². The number of hydrogen-bond donors (Lipinski definition) is 0. The Kier molecular flexibility index (Phi) is 4.94. The Bertz CT molecular complexity index is 168. The second kappa shape index (κ2) is 5.23. The summed E-state index contributed by atoms with van der Waals surface area (Å²) in [5, 5.41) is 0. The first-order valence-corrected chi connectivity index (χ1v) is 3.54. The molecule has 56 valence electrons. The molecule has 0 rings (SSSR count). The summed E-state index contributed by atoms with van der Waals surface area (Å²) in [6, 6.07) is 0. The van der Waals surface area contributed by atoms with Gasteiger partial charge in [-0.25, -0.2) is 4.99 Å². The summed E-state index contributed by atoms with van der Waals surface area (Å²) in [4.78, 5) is 3.60. The zero-order valence-corrected chi connectivity index (χ0v) is 7.68. The SMILES string of the molecule is C=NC(=CC=C(C)Br)OC. The molecule has 10 heavy (non-hydrogen) atoms. The summed E-state index contributed by atoms with van der Waals surface area (Å²) in [6.07, 6.45) is 3.57. The topological polar surface area (TPSA) is 21.6 Å². The minimum Gasteiger partial charge on any atom is -0.481 e. The van der Waals surface area contributed by atoms with Gasteiger partial charge in [0.25, 0.3) is 0 Å². The Morgan fingerprint density at radius 1 is 1.60 bits per heavy atom. The zero-order valence-electron chi connectivity index (χ0n) is 6.10. The first-order valence-electron chi connectivity index (χ1n) is 2.75. The van der Waals surface area contributed by atoms with Gasteiger partial charge in [-0.15, -0.1) is 0 Å².